The van der Waals surface area contributed by atoms with Gasteiger partial charge in [0.1, 0.15) is 11.3 Å². The predicted octanol–water partition coefficient (Wildman–Crippen LogP) is -1.52. The van der Waals surface area contributed by atoms with Gasteiger partial charge < -0.3 is 19.9 Å². The normalized spacial score (nSPS) is 9.58. The summed E-state index contributed by atoms with van der Waals surface area (Å²) < 4.78 is 4.72. The zero-order chi connectivity index (χ0) is 9.14. The highest BCUT2D eigenvalue weighted by Gasteiger charge is 2.18. The van der Waals surface area contributed by atoms with Crippen molar-refractivity contribution >= 4 is 12.7 Å². The van der Waals surface area contributed by atoms with Crippen molar-refractivity contribution in [2.75, 3.05) is 7.11 Å². The van der Waals surface area contributed by atoms with Crippen molar-refractivity contribution in [3.8, 4) is 11.6 Å². The molecule has 0 spiro atoms. The van der Waals surface area contributed by atoms with Crippen molar-refractivity contribution in [2.45, 2.75) is 0 Å². The largest absolute Gasteiger partial charge is 0.512 e. The van der Waals surface area contributed by atoms with Crippen molar-refractivity contribution in [3.63, 3.8) is 0 Å². The molecular weight excluding hydrogens is 161 g/mol. The molecule has 0 radical (unpaired) electrons. The van der Waals surface area contributed by atoms with Crippen LogP contribution in [0.5, 0.6) is 11.6 Å². The summed E-state index contributed by atoms with van der Waals surface area (Å²) in [7, 11) is -0.396. The maximum atomic E-state index is 9.06. The molecule has 0 atom stereocenters. The molecule has 0 bridgehead atoms. The molecule has 0 aliphatic heterocycles. The van der Waals surface area contributed by atoms with E-state index in [2.05, 4.69) is 4.98 Å². The van der Waals surface area contributed by atoms with E-state index in [0.29, 0.717) is 0 Å². The third kappa shape index (κ3) is 1.66. The van der Waals surface area contributed by atoms with Crippen LogP contribution in [0.3, 0.4) is 0 Å². The van der Waals surface area contributed by atoms with Gasteiger partial charge in [-0.25, -0.2) is 4.98 Å². The summed E-state index contributed by atoms with van der Waals surface area (Å²) in [6, 6.07) is 2.70. The van der Waals surface area contributed by atoms with E-state index in [1.165, 1.54) is 19.2 Å². The number of hydrogen-bond acceptors (Lipinski definition) is 5. The zero-order valence-corrected chi connectivity index (χ0v) is 6.43. The van der Waals surface area contributed by atoms with Gasteiger partial charge in [0, 0.05) is 6.07 Å². The molecule has 1 rings (SSSR count). The van der Waals surface area contributed by atoms with Gasteiger partial charge in [0.05, 0.1) is 7.11 Å². The number of rotatable bonds is 2. The summed E-state index contributed by atoms with van der Waals surface area (Å²) in [5.74, 6) is -0.0540. The molecule has 3 N–H and O–H groups in total. The van der Waals surface area contributed by atoms with Crippen LogP contribution in [0.15, 0.2) is 12.1 Å². The lowest BCUT2D eigenvalue weighted by molar-refractivity contribution is 0.389. The first-order valence-electron chi connectivity index (χ1n) is 3.25. The molecule has 64 valence electrons. The highest BCUT2D eigenvalue weighted by Crippen LogP contribution is 2.09. The van der Waals surface area contributed by atoms with Crippen LogP contribution < -0.4 is 10.3 Å². The van der Waals surface area contributed by atoms with Gasteiger partial charge in [0.2, 0.25) is 5.88 Å². The quantitative estimate of drug-likeness (QED) is 0.468. The van der Waals surface area contributed by atoms with Crippen molar-refractivity contribution in [1.29, 1.82) is 0 Å². The standard InChI is InChI=1S/C6H8BNO4/c1-12-5-3-2-4(9)6(8-5)7(10)11/h2-3,9-11H,1H3. The van der Waals surface area contributed by atoms with Gasteiger partial charge in [-0.2, -0.15) is 0 Å². The van der Waals surface area contributed by atoms with Crippen LogP contribution in [0.4, 0.5) is 0 Å². The minimum absolute atomic E-state index is 0.214. The monoisotopic (exact) mass is 169 g/mol. The van der Waals surface area contributed by atoms with Crippen molar-refractivity contribution in [3.05, 3.63) is 12.1 Å². The number of aromatic nitrogens is 1. The first kappa shape index (κ1) is 8.83. The third-order valence-corrected chi connectivity index (χ3v) is 1.33. The summed E-state index contributed by atoms with van der Waals surface area (Å²) in [6.45, 7) is 0. The Morgan fingerprint density at radius 1 is 1.42 bits per heavy atom. The molecule has 0 aromatic carbocycles. The van der Waals surface area contributed by atoms with E-state index in [1.54, 1.807) is 0 Å². The Balaban J connectivity index is 3.08. The Labute approximate surface area is 69.4 Å². The zero-order valence-electron chi connectivity index (χ0n) is 6.43. The van der Waals surface area contributed by atoms with Gasteiger partial charge in [-0.1, -0.05) is 0 Å². The lowest BCUT2D eigenvalue weighted by Gasteiger charge is -2.03. The molecule has 1 aromatic rings. The minimum Gasteiger partial charge on any atom is -0.507 e. The van der Waals surface area contributed by atoms with Crippen LogP contribution in [-0.2, 0) is 0 Å². The fourth-order valence-electron chi connectivity index (χ4n) is 0.753. The predicted molar refractivity (Wildman–Crippen MR) is 42.3 cm³/mol. The van der Waals surface area contributed by atoms with Crippen molar-refractivity contribution in [1.82, 2.24) is 4.98 Å². The Bertz CT molecular complexity index is 278. The summed E-state index contributed by atoms with van der Waals surface area (Å²) in [4.78, 5) is 3.62. The number of hydrogen-bond donors (Lipinski definition) is 3. The first-order chi connectivity index (χ1) is 5.65. The highest BCUT2D eigenvalue weighted by molar-refractivity contribution is 6.58. The molecule has 1 aromatic heterocycles. The number of ether oxygens (including phenoxy) is 1. The van der Waals surface area contributed by atoms with Gasteiger partial charge in [0.25, 0.3) is 0 Å². The Hall–Kier alpha value is -1.27. The van der Waals surface area contributed by atoms with Crippen LogP contribution in [-0.4, -0.2) is 34.4 Å². The topological polar surface area (TPSA) is 82.8 Å². The molecule has 0 saturated heterocycles. The molecule has 6 heteroatoms. The molecule has 0 aliphatic rings. The number of aromatic hydroxyl groups is 1. The lowest BCUT2D eigenvalue weighted by Crippen LogP contribution is -2.32. The lowest BCUT2D eigenvalue weighted by atomic mass is 9.85. The second kappa shape index (κ2) is 3.42. The summed E-state index contributed by atoms with van der Waals surface area (Å²) >= 11 is 0. The van der Waals surface area contributed by atoms with Crippen LogP contribution >= 0.6 is 0 Å². The van der Waals surface area contributed by atoms with Gasteiger partial charge in [-0.05, 0) is 6.07 Å². The van der Waals surface area contributed by atoms with E-state index in [9.17, 15) is 0 Å². The van der Waals surface area contributed by atoms with E-state index >= 15 is 0 Å². The van der Waals surface area contributed by atoms with Crippen molar-refractivity contribution < 1.29 is 19.9 Å². The fraction of sp³-hybridized carbons (Fsp3) is 0.167. The Kier molecular flexibility index (Phi) is 2.52. The molecule has 0 aliphatic carbocycles. The highest BCUT2D eigenvalue weighted by atomic mass is 16.5. The van der Waals surface area contributed by atoms with Crippen LogP contribution in [0.25, 0.3) is 0 Å². The Morgan fingerprint density at radius 3 is 2.58 bits per heavy atom. The second-order valence-corrected chi connectivity index (χ2v) is 2.13. The maximum Gasteiger partial charge on any atom is 0.512 e. The van der Waals surface area contributed by atoms with Crippen LogP contribution in [0, 0.1) is 0 Å². The summed E-state index contributed by atoms with van der Waals surface area (Å²) in [6.07, 6.45) is 0. The molecule has 1 heterocycles. The van der Waals surface area contributed by atoms with Gasteiger partial charge in [-0.15, -0.1) is 0 Å². The van der Waals surface area contributed by atoms with E-state index in [0.717, 1.165) is 0 Å². The second-order valence-electron chi connectivity index (χ2n) is 2.13. The number of methoxy groups -OCH3 is 1. The number of pyridine rings is 1. The summed E-state index contributed by atoms with van der Waals surface area (Å²) in [5.41, 5.74) is -0.214. The average Bonchev–Trinajstić information content (AvgIpc) is 2.05. The number of nitrogens with zero attached hydrogens (tertiary/aromatic N) is 1. The molecular formula is C6H8BNO4. The third-order valence-electron chi connectivity index (χ3n) is 1.33. The van der Waals surface area contributed by atoms with Gasteiger partial charge in [-0.3, -0.25) is 0 Å². The van der Waals surface area contributed by atoms with E-state index in [4.69, 9.17) is 19.9 Å². The molecule has 5 nitrogen and oxygen atoms in total. The molecule has 0 saturated carbocycles. The fourth-order valence-corrected chi connectivity index (χ4v) is 0.753. The smallest absolute Gasteiger partial charge is 0.507 e. The van der Waals surface area contributed by atoms with Crippen LogP contribution in [0.1, 0.15) is 0 Å². The SMILES string of the molecule is COc1ccc(O)c(B(O)O)n1. The Morgan fingerprint density at radius 2 is 2.08 bits per heavy atom. The maximum absolute atomic E-state index is 9.06. The average molecular weight is 169 g/mol. The van der Waals surface area contributed by atoms with Gasteiger partial charge in [0.15, 0.2) is 0 Å². The minimum atomic E-state index is -1.79. The first-order valence-corrected chi connectivity index (χ1v) is 3.25. The van der Waals surface area contributed by atoms with Crippen molar-refractivity contribution in [2.24, 2.45) is 0 Å². The molecule has 0 amide bonds. The molecule has 0 fully saturated rings. The van der Waals surface area contributed by atoms with Gasteiger partial charge >= 0.3 is 7.12 Å². The van der Waals surface area contributed by atoms with E-state index in [1.807, 2.05) is 0 Å². The molecule has 12 heavy (non-hydrogen) atoms. The van der Waals surface area contributed by atoms with E-state index in [-0.39, 0.29) is 17.2 Å². The molecule has 0 unspecified atom stereocenters. The van der Waals surface area contributed by atoms with Crippen LogP contribution in [0.2, 0.25) is 0 Å². The summed E-state index contributed by atoms with van der Waals surface area (Å²) in [5, 5.41) is 26.5. The van der Waals surface area contributed by atoms with E-state index < -0.39 is 7.12 Å².